The lowest BCUT2D eigenvalue weighted by atomic mass is 10.0. The van der Waals surface area contributed by atoms with Crippen molar-refractivity contribution in [2.24, 2.45) is 0 Å². The maximum Gasteiger partial charge on any atom is 0.119 e. The van der Waals surface area contributed by atoms with Crippen LogP contribution in [-0.4, -0.2) is 17.8 Å². The fourth-order valence-electron chi connectivity index (χ4n) is 2.46. The molecule has 0 aliphatic rings. The summed E-state index contributed by atoms with van der Waals surface area (Å²) in [6, 6.07) is 13.8. The summed E-state index contributed by atoms with van der Waals surface area (Å²) >= 11 is 0. The molecule has 4 nitrogen and oxygen atoms in total. The van der Waals surface area contributed by atoms with Crippen LogP contribution < -0.4 is 10.5 Å². The van der Waals surface area contributed by atoms with Crippen molar-refractivity contribution >= 4 is 17.6 Å². The van der Waals surface area contributed by atoms with Crippen LogP contribution in [-0.2, 0) is 13.0 Å². The van der Waals surface area contributed by atoms with E-state index < -0.39 is 0 Å². The number of nitrogens with two attached hydrogens (primary N) is 1. The summed E-state index contributed by atoms with van der Waals surface area (Å²) in [5.41, 5.74) is 9.95. The van der Waals surface area contributed by atoms with Crippen LogP contribution in [0.25, 0.3) is 6.08 Å². The van der Waals surface area contributed by atoms with Gasteiger partial charge in [-0.3, -0.25) is 5.41 Å². The third-order valence-electron chi connectivity index (χ3n) is 3.95. The van der Waals surface area contributed by atoms with Gasteiger partial charge < -0.3 is 15.4 Å². The molecule has 134 valence electrons. The van der Waals surface area contributed by atoms with E-state index in [0.29, 0.717) is 12.4 Å². The third kappa shape index (κ3) is 5.68. The van der Waals surface area contributed by atoms with Crippen LogP contribution in [0.1, 0.15) is 38.0 Å². The van der Waals surface area contributed by atoms with Crippen LogP contribution in [0.2, 0.25) is 0 Å². The summed E-state index contributed by atoms with van der Waals surface area (Å²) in [6.45, 7) is 4.58. The van der Waals surface area contributed by atoms with Crippen molar-refractivity contribution in [3.05, 3.63) is 65.4 Å². The molecule has 0 radical (unpaired) electrons. The zero-order valence-corrected chi connectivity index (χ0v) is 14.5. The Morgan fingerprint density at radius 1 is 1.16 bits per heavy atom. The molecule has 0 spiro atoms. The van der Waals surface area contributed by atoms with Crippen LogP contribution in [0, 0.1) is 5.41 Å². The van der Waals surface area contributed by atoms with Gasteiger partial charge in [0.25, 0.3) is 0 Å². The van der Waals surface area contributed by atoms with Gasteiger partial charge in [0.2, 0.25) is 0 Å². The SMILES string of the molecule is C.CCc1cc(OC)ccc1CN(/C=C\c1ccc(N)cc1)C(C)=N. The molecule has 0 aliphatic heterocycles. The largest absolute Gasteiger partial charge is 0.497 e. The van der Waals surface area contributed by atoms with E-state index in [1.807, 2.05) is 47.5 Å². The molecule has 0 aliphatic carbocycles. The van der Waals surface area contributed by atoms with E-state index in [-0.39, 0.29) is 7.43 Å². The van der Waals surface area contributed by atoms with Gasteiger partial charge in [-0.05, 0) is 60.4 Å². The Morgan fingerprint density at radius 2 is 1.84 bits per heavy atom. The van der Waals surface area contributed by atoms with Gasteiger partial charge in [0.05, 0.1) is 12.9 Å². The molecule has 0 fully saturated rings. The molecule has 0 saturated carbocycles. The Balaban J connectivity index is 0.00000312. The molecule has 2 rings (SSSR count). The first-order valence-corrected chi connectivity index (χ1v) is 8.04. The third-order valence-corrected chi connectivity index (χ3v) is 3.95. The Hall–Kier alpha value is -2.75. The van der Waals surface area contributed by atoms with Crippen LogP contribution in [0.5, 0.6) is 5.75 Å². The quantitative estimate of drug-likeness (QED) is 0.445. The highest BCUT2D eigenvalue weighted by Crippen LogP contribution is 2.20. The van der Waals surface area contributed by atoms with E-state index in [2.05, 4.69) is 19.1 Å². The van der Waals surface area contributed by atoms with Crippen molar-refractivity contribution in [2.75, 3.05) is 12.8 Å². The van der Waals surface area contributed by atoms with Crippen LogP contribution in [0.3, 0.4) is 0 Å². The predicted molar refractivity (Wildman–Crippen MR) is 108 cm³/mol. The van der Waals surface area contributed by atoms with Crippen LogP contribution in [0.15, 0.2) is 48.7 Å². The van der Waals surface area contributed by atoms with E-state index >= 15 is 0 Å². The van der Waals surface area contributed by atoms with Gasteiger partial charge in [0, 0.05) is 18.4 Å². The molecule has 0 bridgehead atoms. The number of hydrogen-bond donors (Lipinski definition) is 2. The summed E-state index contributed by atoms with van der Waals surface area (Å²) in [5.74, 6) is 1.37. The first-order chi connectivity index (χ1) is 11.5. The Kier molecular flexibility index (Phi) is 7.73. The molecule has 0 atom stereocenters. The second-order valence-corrected chi connectivity index (χ2v) is 5.68. The number of aryl methyl sites for hydroxylation is 1. The van der Waals surface area contributed by atoms with Gasteiger partial charge in [-0.2, -0.15) is 0 Å². The minimum Gasteiger partial charge on any atom is -0.497 e. The van der Waals surface area contributed by atoms with E-state index in [1.54, 1.807) is 14.0 Å². The average Bonchev–Trinajstić information content (AvgIpc) is 2.59. The van der Waals surface area contributed by atoms with E-state index in [9.17, 15) is 0 Å². The number of hydrogen-bond acceptors (Lipinski definition) is 3. The lowest BCUT2D eigenvalue weighted by molar-refractivity contribution is 0.413. The van der Waals surface area contributed by atoms with Crippen LogP contribution in [0.4, 0.5) is 5.69 Å². The molecule has 0 heterocycles. The predicted octanol–water partition coefficient (Wildman–Crippen LogP) is 4.95. The summed E-state index contributed by atoms with van der Waals surface area (Å²) in [7, 11) is 1.68. The number of amidine groups is 1. The minimum atomic E-state index is 0. The van der Waals surface area contributed by atoms with E-state index in [4.69, 9.17) is 15.9 Å². The average molecular weight is 339 g/mol. The molecular weight excluding hydrogens is 310 g/mol. The molecule has 0 amide bonds. The monoisotopic (exact) mass is 339 g/mol. The molecule has 4 heteroatoms. The smallest absolute Gasteiger partial charge is 0.119 e. The summed E-state index contributed by atoms with van der Waals surface area (Å²) < 4.78 is 5.30. The number of anilines is 1. The molecule has 0 aromatic heterocycles. The van der Waals surface area contributed by atoms with Crippen LogP contribution >= 0.6 is 0 Å². The van der Waals surface area contributed by atoms with Gasteiger partial charge in [-0.1, -0.05) is 32.5 Å². The molecule has 3 N–H and O–H groups in total. The van der Waals surface area contributed by atoms with Gasteiger partial charge in [-0.15, -0.1) is 0 Å². The fraction of sp³-hybridized carbons (Fsp3) is 0.286. The summed E-state index contributed by atoms with van der Waals surface area (Å²) in [4.78, 5) is 1.93. The van der Waals surface area contributed by atoms with Gasteiger partial charge in [-0.25, -0.2) is 0 Å². The van der Waals surface area contributed by atoms with Crippen molar-refractivity contribution in [1.29, 1.82) is 5.41 Å². The minimum absolute atomic E-state index is 0. The number of nitrogens with one attached hydrogen (secondary N) is 1. The molecule has 0 unspecified atom stereocenters. The standard InChI is InChI=1S/C20H25N3O.CH4/c1-4-17-13-20(24-3)10-7-18(17)14-23(15(2)21)12-11-16-5-8-19(22)9-6-16;/h5-13,21H,4,14,22H2,1-3H3;1H4/b12-11-,21-15?;. The topological polar surface area (TPSA) is 62.3 Å². The maximum atomic E-state index is 8.04. The lowest BCUT2D eigenvalue weighted by Crippen LogP contribution is -2.22. The first-order valence-electron chi connectivity index (χ1n) is 8.04. The zero-order chi connectivity index (χ0) is 17.5. The lowest BCUT2D eigenvalue weighted by Gasteiger charge is -2.21. The first kappa shape index (κ1) is 20.3. The second kappa shape index (κ2) is 9.52. The van der Waals surface area contributed by atoms with Crippen molar-refractivity contribution < 1.29 is 4.74 Å². The summed E-state index contributed by atoms with van der Waals surface area (Å²) in [6.07, 6.45) is 4.86. The number of benzene rings is 2. The van der Waals surface area contributed by atoms with Gasteiger partial charge >= 0.3 is 0 Å². The van der Waals surface area contributed by atoms with E-state index in [0.717, 1.165) is 23.4 Å². The maximum absolute atomic E-state index is 8.04. The Morgan fingerprint density at radius 3 is 2.40 bits per heavy atom. The molecule has 2 aromatic carbocycles. The highest BCUT2D eigenvalue weighted by atomic mass is 16.5. The normalized spacial score (nSPS) is 10.4. The molecule has 2 aromatic rings. The van der Waals surface area contributed by atoms with Crippen molar-refractivity contribution in [3.8, 4) is 5.75 Å². The number of methoxy groups -OCH3 is 1. The van der Waals surface area contributed by atoms with Gasteiger partial charge in [0.1, 0.15) is 5.75 Å². The number of nitrogens with zero attached hydrogens (tertiary/aromatic N) is 1. The van der Waals surface area contributed by atoms with Crippen molar-refractivity contribution in [3.63, 3.8) is 0 Å². The van der Waals surface area contributed by atoms with E-state index in [1.165, 1.54) is 11.1 Å². The molecule has 0 saturated heterocycles. The zero-order valence-electron chi connectivity index (χ0n) is 14.5. The Labute approximate surface area is 151 Å². The molecule has 25 heavy (non-hydrogen) atoms. The van der Waals surface area contributed by atoms with Crippen molar-refractivity contribution in [1.82, 2.24) is 4.90 Å². The number of rotatable bonds is 6. The van der Waals surface area contributed by atoms with Gasteiger partial charge in [0.15, 0.2) is 0 Å². The number of ether oxygens (including phenoxy) is 1. The molecular formula is C21H29N3O. The van der Waals surface area contributed by atoms with Crippen molar-refractivity contribution in [2.45, 2.75) is 34.2 Å². The second-order valence-electron chi connectivity index (χ2n) is 5.68. The number of nitrogen functional groups attached to an aromatic ring is 1. The summed E-state index contributed by atoms with van der Waals surface area (Å²) in [5, 5.41) is 8.04. The Bertz CT molecular complexity index is 720. The fourth-order valence-corrected chi connectivity index (χ4v) is 2.46. The highest BCUT2D eigenvalue weighted by Gasteiger charge is 2.08. The highest BCUT2D eigenvalue weighted by molar-refractivity contribution is 5.78.